The summed E-state index contributed by atoms with van der Waals surface area (Å²) in [5.74, 6) is -4.88. The minimum atomic E-state index is -4.27. The first kappa shape index (κ1) is 20.1. The van der Waals surface area contributed by atoms with E-state index in [2.05, 4.69) is 5.32 Å². The summed E-state index contributed by atoms with van der Waals surface area (Å²) in [6.07, 6.45) is 0.112. The third-order valence-corrected chi connectivity index (χ3v) is 6.73. The summed E-state index contributed by atoms with van der Waals surface area (Å²) in [7, 11) is -4.27. The molecule has 0 spiro atoms. The van der Waals surface area contributed by atoms with Crippen molar-refractivity contribution in [2.24, 2.45) is 5.92 Å². The van der Waals surface area contributed by atoms with Crippen LogP contribution in [0.3, 0.4) is 0 Å². The second-order valence-electron chi connectivity index (χ2n) is 7.64. The molecule has 1 aromatic rings. The molecule has 3 N–H and O–H groups in total. The van der Waals surface area contributed by atoms with Gasteiger partial charge in [-0.1, -0.05) is 0 Å². The summed E-state index contributed by atoms with van der Waals surface area (Å²) in [4.78, 5) is 11.4. The predicted octanol–water partition coefficient (Wildman–Crippen LogP) is 1.04. The Balaban J connectivity index is 1.39. The Labute approximate surface area is 165 Å². The molecule has 1 saturated heterocycles. The van der Waals surface area contributed by atoms with Crippen molar-refractivity contribution in [3.05, 3.63) is 17.4 Å². The van der Waals surface area contributed by atoms with Gasteiger partial charge in [-0.05, 0) is 18.9 Å². The third-order valence-electron chi connectivity index (χ3n) is 5.35. The van der Waals surface area contributed by atoms with Crippen LogP contribution in [-0.4, -0.2) is 51.1 Å². The van der Waals surface area contributed by atoms with Crippen molar-refractivity contribution in [2.75, 3.05) is 23.9 Å². The maximum absolute atomic E-state index is 15.0. The van der Waals surface area contributed by atoms with E-state index in [0.29, 0.717) is 23.8 Å². The van der Waals surface area contributed by atoms with Crippen molar-refractivity contribution in [2.45, 2.75) is 37.7 Å². The summed E-state index contributed by atoms with van der Waals surface area (Å²) >= 11 is 0. The highest BCUT2D eigenvalue weighted by molar-refractivity contribution is 7.92. The smallest absolute Gasteiger partial charge is 0.326 e. The lowest BCUT2D eigenvalue weighted by atomic mass is 9.79. The van der Waals surface area contributed by atoms with Crippen LogP contribution in [0.2, 0.25) is 0 Å². The Hall–Kier alpha value is -2.21. The van der Waals surface area contributed by atoms with Gasteiger partial charge in [-0.25, -0.2) is 22.2 Å². The number of hydrogen-bond acceptors (Lipinski definition) is 6. The van der Waals surface area contributed by atoms with Crippen molar-refractivity contribution in [1.82, 2.24) is 10.0 Å². The fourth-order valence-corrected chi connectivity index (χ4v) is 5.11. The Bertz CT molecular complexity index is 948. The van der Waals surface area contributed by atoms with Crippen molar-refractivity contribution >= 4 is 21.8 Å². The maximum atomic E-state index is 15.0. The molecule has 2 fully saturated rings. The van der Waals surface area contributed by atoms with Crippen LogP contribution in [0.15, 0.2) is 6.07 Å². The Morgan fingerprint density at radius 2 is 2.10 bits per heavy atom. The molecule has 12 heteroatoms. The van der Waals surface area contributed by atoms with Gasteiger partial charge in [-0.15, -0.1) is 0 Å². The summed E-state index contributed by atoms with van der Waals surface area (Å²) in [6.45, 7) is 0.239. The van der Waals surface area contributed by atoms with Crippen LogP contribution < -0.4 is 19.1 Å². The van der Waals surface area contributed by atoms with Crippen molar-refractivity contribution < 1.29 is 36.2 Å². The minimum Gasteiger partial charge on any atom is -0.505 e. The van der Waals surface area contributed by atoms with Crippen molar-refractivity contribution in [3.8, 4) is 11.5 Å². The lowest BCUT2D eigenvalue weighted by Gasteiger charge is -2.35. The van der Waals surface area contributed by atoms with Crippen LogP contribution in [-0.2, 0) is 21.4 Å². The van der Waals surface area contributed by atoms with E-state index >= 15 is 0 Å². The number of hydrogen-bond donors (Lipinski definition) is 3. The number of rotatable bonds is 6. The van der Waals surface area contributed by atoms with Crippen LogP contribution in [0.5, 0.6) is 11.5 Å². The Morgan fingerprint density at radius 1 is 1.38 bits per heavy atom. The number of amides is 1. The zero-order valence-corrected chi connectivity index (χ0v) is 16.1. The summed E-state index contributed by atoms with van der Waals surface area (Å²) in [5.41, 5.74) is -0.483. The van der Waals surface area contributed by atoms with Crippen LogP contribution >= 0.6 is 0 Å². The number of alkyl halides is 2. The number of phenolic OH excluding ortho intramolecular Hbond substituents is 1. The highest BCUT2D eigenvalue weighted by Gasteiger charge is 2.44. The lowest BCUT2D eigenvalue weighted by Crippen LogP contribution is -2.38. The van der Waals surface area contributed by atoms with E-state index in [1.807, 2.05) is 0 Å². The van der Waals surface area contributed by atoms with Crippen molar-refractivity contribution in [3.63, 3.8) is 0 Å². The standard InChI is InChI=1S/C17H20F3N3O5S/c18-15-11-3-10(7-21-2-1-9-5-17(19,20)6-9)28-13(11)4-12(24)16(15)23-8-14(25)22-29(23,26)27/h4,9-10,21,24H,1-3,5-8H2,(H,22,25)/t10-/m1/s1. The molecule has 1 amide bonds. The van der Waals surface area contributed by atoms with Gasteiger partial charge in [0.05, 0.1) is 0 Å². The molecule has 1 aromatic carbocycles. The average Bonchev–Trinajstić information content (AvgIpc) is 3.09. The molecule has 29 heavy (non-hydrogen) atoms. The van der Waals surface area contributed by atoms with E-state index in [0.717, 1.165) is 6.07 Å². The fourth-order valence-electron chi connectivity index (χ4n) is 3.94. The molecule has 0 bridgehead atoms. The second-order valence-corrected chi connectivity index (χ2v) is 9.23. The second kappa shape index (κ2) is 6.94. The number of carbonyl (C=O) groups excluding carboxylic acids is 1. The average molecular weight is 435 g/mol. The first-order valence-electron chi connectivity index (χ1n) is 9.18. The quantitative estimate of drug-likeness (QED) is 0.577. The number of phenols is 1. The molecule has 2 heterocycles. The molecule has 8 nitrogen and oxygen atoms in total. The number of anilines is 1. The topological polar surface area (TPSA) is 108 Å². The van der Waals surface area contributed by atoms with E-state index in [1.54, 1.807) is 4.72 Å². The zero-order valence-electron chi connectivity index (χ0n) is 15.3. The van der Waals surface area contributed by atoms with Gasteiger partial charge in [-0.3, -0.25) is 4.79 Å². The van der Waals surface area contributed by atoms with E-state index < -0.39 is 51.9 Å². The normalized spacial score (nSPS) is 24.7. The van der Waals surface area contributed by atoms with Crippen molar-refractivity contribution in [1.29, 1.82) is 0 Å². The highest BCUT2D eigenvalue weighted by atomic mass is 32.2. The van der Waals surface area contributed by atoms with Gasteiger partial charge in [0.25, 0.3) is 5.91 Å². The molecule has 2 aliphatic heterocycles. The van der Waals surface area contributed by atoms with Gasteiger partial charge in [-0.2, -0.15) is 8.42 Å². The van der Waals surface area contributed by atoms with Gasteiger partial charge in [0.15, 0.2) is 5.82 Å². The molecule has 0 radical (unpaired) electrons. The molecule has 0 unspecified atom stereocenters. The molecule has 4 rings (SSSR count). The van der Waals surface area contributed by atoms with E-state index in [-0.39, 0.29) is 36.5 Å². The fraction of sp³-hybridized carbons (Fsp3) is 0.588. The van der Waals surface area contributed by atoms with Gasteiger partial charge in [0, 0.05) is 37.4 Å². The number of fused-ring (bicyclic) bond motifs is 1. The number of nitrogens with one attached hydrogen (secondary N) is 2. The first-order chi connectivity index (χ1) is 13.6. The molecule has 1 atom stereocenters. The minimum absolute atomic E-state index is 0.00475. The van der Waals surface area contributed by atoms with E-state index in [9.17, 15) is 31.5 Å². The number of carbonyl (C=O) groups is 1. The molecule has 3 aliphatic rings. The molecule has 160 valence electrons. The van der Waals surface area contributed by atoms with E-state index in [4.69, 9.17) is 4.74 Å². The molecular formula is C17H20F3N3O5S. The van der Waals surface area contributed by atoms with Gasteiger partial charge in [0.2, 0.25) is 5.92 Å². The lowest BCUT2D eigenvalue weighted by molar-refractivity contribution is -0.117. The Kier molecular flexibility index (Phi) is 4.80. The summed E-state index contributed by atoms with van der Waals surface area (Å²) in [6, 6.07) is 1.13. The molecular weight excluding hydrogens is 415 g/mol. The summed E-state index contributed by atoms with van der Waals surface area (Å²) < 4.78 is 72.4. The molecule has 1 aliphatic carbocycles. The van der Waals surface area contributed by atoms with Gasteiger partial charge < -0.3 is 15.2 Å². The van der Waals surface area contributed by atoms with Crippen LogP contribution in [0.25, 0.3) is 0 Å². The van der Waals surface area contributed by atoms with Gasteiger partial charge in [0.1, 0.15) is 29.8 Å². The number of ether oxygens (including phenoxy) is 1. The van der Waals surface area contributed by atoms with Crippen LogP contribution in [0.1, 0.15) is 24.8 Å². The monoisotopic (exact) mass is 435 g/mol. The molecule has 0 aromatic heterocycles. The number of nitrogens with zero attached hydrogens (tertiary/aromatic N) is 1. The summed E-state index contributed by atoms with van der Waals surface area (Å²) in [5, 5.41) is 13.2. The SMILES string of the molecule is O=C1CN(c2c(O)cc3c(c2F)C[C@H](CNCCC2CC(F)(F)C2)O3)S(=O)(=O)N1. The predicted molar refractivity (Wildman–Crippen MR) is 95.8 cm³/mol. The third kappa shape index (κ3) is 3.82. The number of halogens is 3. The van der Waals surface area contributed by atoms with Gasteiger partial charge >= 0.3 is 10.2 Å². The zero-order chi connectivity index (χ0) is 21.0. The van der Waals surface area contributed by atoms with E-state index in [1.165, 1.54) is 0 Å². The number of aromatic hydroxyl groups is 1. The molecule has 1 saturated carbocycles. The largest absolute Gasteiger partial charge is 0.505 e. The highest BCUT2D eigenvalue weighted by Crippen LogP contribution is 2.44. The van der Waals surface area contributed by atoms with Crippen LogP contribution in [0, 0.1) is 11.7 Å². The first-order valence-corrected chi connectivity index (χ1v) is 10.6. The maximum Gasteiger partial charge on any atom is 0.326 e. The Morgan fingerprint density at radius 3 is 2.72 bits per heavy atom. The van der Waals surface area contributed by atoms with Crippen LogP contribution in [0.4, 0.5) is 18.9 Å². The number of benzene rings is 1.